The molecule has 1 saturated heterocycles. The summed E-state index contributed by atoms with van der Waals surface area (Å²) < 4.78 is 33.1. The number of ether oxygens (including phenoxy) is 1. The molecule has 1 aromatic rings. The fourth-order valence-electron chi connectivity index (χ4n) is 1.68. The van der Waals surface area contributed by atoms with E-state index in [-0.39, 0.29) is 0 Å². The number of hydrogen-bond acceptors (Lipinski definition) is 5. The Kier molecular flexibility index (Phi) is 3.69. The van der Waals surface area contributed by atoms with Crippen molar-refractivity contribution in [3.8, 4) is 0 Å². The van der Waals surface area contributed by atoms with Gasteiger partial charge in [0.1, 0.15) is 5.82 Å². The summed E-state index contributed by atoms with van der Waals surface area (Å²) in [5.74, 6) is 0.302. The summed E-state index contributed by atoms with van der Waals surface area (Å²) in [5, 5.41) is 0. The molecule has 0 aromatic carbocycles. The van der Waals surface area contributed by atoms with Crippen LogP contribution in [-0.4, -0.2) is 44.0 Å². The normalized spacial score (nSPS) is 17.6. The largest absolute Gasteiger partial charge is 0.397 e. The molecular formula is C10H16N4O3S. The van der Waals surface area contributed by atoms with Crippen LogP contribution in [0.4, 0.5) is 11.5 Å². The van der Waals surface area contributed by atoms with Gasteiger partial charge in [-0.1, -0.05) is 0 Å². The Bertz CT molecular complexity index is 526. The second-order valence-electron chi connectivity index (χ2n) is 4.05. The van der Waals surface area contributed by atoms with Crippen molar-refractivity contribution in [3.05, 3.63) is 17.8 Å². The first-order valence-corrected chi connectivity index (χ1v) is 7.01. The Morgan fingerprint density at radius 1 is 1.44 bits per heavy atom. The minimum absolute atomic E-state index is 0.302. The molecule has 2 heterocycles. The van der Waals surface area contributed by atoms with E-state index in [9.17, 15) is 8.42 Å². The van der Waals surface area contributed by atoms with Crippen molar-refractivity contribution in [2.24, 2.45) is 0 Å². The van der Waals surface area contributed by atoms with Crippen LogP contribution >= 0.6 is 0 Å². The van der Waals surface area contributed by atoms with Crippen LogP contribution in [0.3, 0.4) is 0 Å². The van der Waals surface area contributed by atoms with Gasteiger partial charge in [0.25, 0.3) is 0 Å². The standard InChI is InChI=1S/C10H16N4O3S/c1-8-6-9(11)7-12-10(8)13-18(15,16)14-2-4-17-5-3-14/h6-7H,2-5,11H2,1H3,(H,12,13). The summed E-state index contributed by atoms with van der Waals surface area (Å²) in [6.45, 7) is 3.28. The lowest BCUT2D eigenvalue weighted by Crippen LogP contribution is -2.43. The van der Waals surface area contributed by atoms with Crippen molar-refractivity contribution in [1.82, 2.24) is 9.29 Å². The zero-order valence-corrected chi connectivity index (χ0v) is 10.9. The Labute approximate surface area is 106 Å². The first-order chi connectivity index (χ1) is 8.49. The van der Waals surface area contributed by atoms with Gasteiger partial charge in [0.15, 0.2) is 0 Å². The van der Waals surface area contributed by atoms with E-state index in [0.29, 0.717) is 43.4 Å². The van der Waals surface area contributed by atoms with Gasteiger partial charge in [-0.05, 0) is 18.6 Å². The number of nitrogen functional groups attached to an aromatic ring is 1. The van der Waals surface area contributed by atoms with Crippen molar-refractivity contribution in [2.75, 3.05) is 36.8 Å². The SMILES string of the molecule is Cc1cc(N)cnc1NS(=O)(=O)N1CCOCC1. The molecule has 0 amide bonds. The van der Waals surface area contributed by atoms with Gasteiger partial charge < -0.3 is 10.5 Å². The first kappa shape index (κ1) is 13.1. The highest BCUT2D eigenvalue weighted by Crippen LogP contribution is 2.17. The summed E-state index contributed by atoms with van der Waals surface area (Å²) in [6.07, 6.45) is 1.42. The lowest BCUT2D eigenvalue weighted by Gasteiger charge is -2.26. The van der Waals surface area contributed by atoms with Crippen LogP contribution in [0, 0.1) is 6.92 Å². The van der Waals surface area contributed by atoms with Crippen LogP contribution in [0.15, 0.2) is 12.3 Å². The summed E-state index contributed by atoms with van der Waals surface area (Å²) in [4.78, 5) is 3.98. The van der Waals surface area contributed by atoms with Crippen LogP contribution in [0.25, 0.3) is 0 Å². The third kappa shape index (κ3) is 2.89. The van der Waals surface area contributed by atoms with Gasteiger partial charge in [0.2, 0.25) is 0 Å². The molecule has 0 saturated carbocycles. The predicted molar refractivity (Wildman–Crippen MR) is 68.3 cm³/mol. The molecule has 0 spiro atoms. The molecule has 3 N–H and O–H groups in total. The van der Waals surface area contributed by atoms with E-state index in [0.717, 1.165) is 0 Å². The smallest absolute Gasteiger partial charge is 0.302 e. The maximum absolute atomic E-state index is 12.1. The van der Waals surface area contributed by atoms with E-state index in [1.165, 1.54) is 10.5 Å². The lowest BCUT2D eigenvalue weighted by atomic mass is 10.3. The molecule has 0 atom stereocenters. The number of anilines is 2. The highest BCUT2D eigenvalue weighted by atomic mass is 32.2. The average molecular weight is 272 g/mol. The molecule has 1 aliphatic heterocycles. The van der Waals surface area contributed by atoms with Gasteiger partial charge in [-0.15, -0.1) is 0 Å². The minimum atomic E-state index is -3.57. The Morgan fingerprint density at radius 3 is 2.72 bits per heavy atom. The quantitative estimate of drug-likeness (QED) is 0.804. The number of nitrogens with one attached hydrogen (secondary N) is 1. The number of aryl methyl sites for hydroxylation is 1. The zero-order valence-electron chi connectivity index (χ0n) is 10.1. The van der Waals surface area contributed by atoms with E-state index in [2.05, 4.69) is 9.71 Å². The van der Waals surface area contributed by atoms with Crippen LogP contribution in [0.5, 0.6) is 0 Å². The molecule has 1 fully saturated rings. The summed E-state index contributed by atoms with van der Waals surface area (Å²) >= 11 is 0. The lowest BCUT2D eigenvalue weighted by molar-refractivity contribution is 0.0733. The second kappa shape index (κ2) is 5.09. The van der Waals surface area contributed by atoms with Gasteiger partial charge in [-0.3, -0.25) is 4.72 Å². The third-order valence-corrected chi connectivity index (χ3v) is 4.13. The van der Waals surface area contributed by atoms with E-state index in [1.54, 1.807) is 13.0 Å². The van der Waals surface area contributed by atoms with Crippen molar-refractivity contribution in [1.29, 1.82) is 0 Å². The van der Waals surface area contributed by atoms with Gasteiger partial charge in [-0.25, -0.2) is 4.98 Å². The van der Waals surface area contributed by atoms with E-state index in [4.69, 9.17) is 10.5 Å². The van der Waals surface area contributed by atoms with E-state index in [1.807, 2.05) is 0 Å². The molecule has 0 aliphatic carbocycles. The molecule has 0 bridgehead atoms. The van der Waals surface area contributed by atoms with Crippen LogP contribution in [-0.2, 0) is 14.9 Å². The number of rotatable bonds is 3. The van der Waals surface area contributed by atoms with Crippen LogP contribution < -0.4 is 10.5 Å². The van der Waals surface area contributed by atoms with Crippen LogP contribution in [0.2, 0.25) is 0 Å². The average Bonchev–Trinajstić information content (AvgIpc) is 2.34. The molecule has 2 rings (SSSR count). The molecular weight excluding hydrogens is 256 g/mol. The summed E-state index contributed by atoms with van der Waals surface area (Å²) in [5.41, 5.74) is 6.76. The van der Waals surface area contributed by atoms with E-state index >= 15 is 0 Å². The maximum Gasteiger partial charge on any atom is 0.302 e. The van der Waals surface area contributed by atoms with Crippen molar-refractivity contribution >= 4 is 21.7 Å². The van der Waals surface area contributed by atoms with Gasteiger partial charge in [-0.2, -0.15) is 12.7 Å². The van der Waals surface area contributed by atoms with Gasteiger partial charge >= 0.3 is 10.2 Å². The fourth-order valence-corrected chi connectivity index (χ4v) is 2.89. The minimum Gasteiger partial charge on any atom is -0.397 e. The molecule has 8 heteroatoms. The predicted octanol–water partition coefficient (Wildman–Crippen LogP) is -0.0389. The highest BCUT2D eigenvalue weighted by molar-refractivity contribution is 7.90. The molecule has 0 unspecified atom stereocenters. The zero-order chi connectivity index (χ0) is 13.2. The number of nitrogens with two attached hydrogens (primary N) is 1. The number of nitrogens with zero attached hydrogens (tertiary/aromatic N) is 2. The number of pyridine rings is 1. The van der Waals surface area contributed by atoms with Gasteiger partial charge in [0, 0.05) is 13.1 Å². The number of hydrogen-bond donors (Lipinski definition) is 2. The van der Waals surface area contributed by atoms with Gasteiger partial charge in [0.05, 0.1) is 25.1 Å². The Morgan fingerprint density at radius 2 is 2.11 bits per heavy atom. The number of aromatic nitrogens is 1. The second-order valence-corrected chi connectivity index (χ2v) is 5.72. The maximum atomic E-state index is 12.1. The molecule has 100 valence electrons. The van der Waals surface area contributed by atoms with Crippen molar-refractivity contribution < 1.29 is 13.2 Å². The third-order valence-electron chi connectivity index (χ3n) is 2.64. The Hall–Kier alpha value is -1.38. The molecule has 1 aromatic heterocycles. The molecule has 1 aliphatic rings. The number of morpholine rings is 1. The van der Waals surface area contributed by atoms with Crippen LogP contribution in [0.1, 0.15) is 5.56 Å². The van der Waals surface area contributed by atoms with E-state index < -0.39 is 10.2 Å². The fraction of sp³-hybridized carbons (Fsp3) is 0.500. The summed E-state index contributed by atoms with van der Waals surface area (Å²) in [6, 6.07) is 1.67. The topological polar surface area (TPSA) is 97.5 Å². The molecule has 7 nitrogen and oxygen atoms in total. The molecule has 18 heavy (non-hydrogen) atoms. The Balaban J connectivity index is 2.16. The van der Waals surface area contributed by atoms with Crippen molar-refractivity contribution in [3.63, 3.8) is 0 Å². The highest BCUT2D eigenvalue weighted by Gasteiger charge is 2.24. The monoisotopic (exact) mass is 272 g/mol. The molecule has 0 radical (unpaired) electrons. The van der Waals surface area contributed by atoms with Crippen molar-refractivity contribution in [2.45, 2.75) is 6.92 Å². The summed E-state index contributed by atoms with van der Waals surface area (Å²) in [7, 11) is -3.57. The first-order valence-electron chi connectivity index (χ1n) is 5.57.